The van der Waals surface area contributed by atoms with Gasteiger partial charge in [-0.3, -0.25) is 0 Å². The number of nitrogens with zero attached hydrogens (tertiary/aromatic N) is 1. The molecule has 1 heterocycles. The summed E-state index contributed by atoms with van der Waals surface area (Å²) in [5, 5.41) is 12.4. The van der Waals surface area contributed by atoms with Crippen LogP contribution in [0, 0.1) is 5.41 Å². The summed E-state index contributed by atoms with van der Waals surface area (Å²) >= 11 is 1.08. The molecule has 0 atom stereocenters. The molecule has 0 bridgehead atoms. The molecule has 0 aromatic carbocycles. The molecule has 1 saturated carbocycles. The van der Waals surface area contributed by atoms with Gasteiger partial charge in [-0.25, -0.2) is 8.42 Å². The van der Waals surface area contributed by atoms with E-state index in [4.69, 9.17) is 10.8 Å². The lowest BCUT2D eigenvalue weighted by molar-refractivity contribution is 0.220. The van der Waals surface area contributed by atoms with E-state index in [1.54, 1.807) is 0 Å². The van der Waals surface area contributed by atoms with Gasteiger partial charge in [0, 0.05) is 13.2 Å². The summed E-state index contributed by atoms with van der Waals surface area (Å²) in [4.78, 5) is 0.157. The van der Waals surface area contributed by atoms with Crippen molar-refractivity contribution in [2.45, 2.75) is 43.3 Å². The Morgan fingerprint density at radius 3 is 2.70 bits per heavy atom. The molecule has 1 aromatic rings. The number of hydrogen-bond donors (Lipinski definition) is 3. The van der Waals surface area contributed by atoms with E-state index >= 15 is 0 Å². The molecule has 1 aliphatic rings. The van der Waals surface area contributed by atoms with E-state index in [-0.39, 0.29) is 28.0 Å². The van der Waals surface area contributed by atoms with Gasteiger partial charge in [-0.1, -0.05) is 13.8 Å². The predicted octanol–water partition coefficient (Wildman–Crippen LogP) is 1.48. The van der Waals surface area contributed by atoms with Gasteiger partial charge in [0.25, 0.3) is 0 Å². The summed E-state index contributed by atoms with van der Waals surface area (Å²) in [6, 6.07) is 0. The molecule has 114 valence electrons. The van der Waals surface area contributed by atoms with Gasteiger partial charge in [-0.2, -0.15) is 4.37 Å². The van der Waals surface area contributed by atoms with Crippen LogP contribution in [0.4, 0.5) is 10.8 Å². The van der Waals surface area contributed by atoms with Crippen LogP contribution >= 0.6 is 11.5 Å². The molecule has 0 unspecified atom stereocenters. The molecule has 0 saturated heterocycles. The summed E-state index contributed by atoms with van der Waals surface area (Å²) < 4.78 is 28.7. The third-order valence-corrected chi connectivity index (χ3v) is 6.72. The molecule has 0 radical (unpaired) electrons. The number of sulfone groups is 1. The van der Waals surface area contributed by atoms with Gasteiger partial charge in [0.1, 0.15) is 9.90 Å². The molecular weight excluding hydrogens is 298 g/mol. The summed E-state index contributed by atoms with van der Waals surface area (Å²) in [6.45, 7) is 4.68. The van der Waals surface area contributed by atoms with Crippen LogP contribution in [0.3, 0.4) is 0 Å². The number of anilines is 2. The van der Waals surface area contributed by atoms with Gasteiger partial charge in [-0.05, 0) is 36.2 Å². The van der Waals surface area contributed by atoms with Crippen LogP contribution in [0.5, 0.6) is 0 Å². The molecule has 0 amide bonds. The van der Waals surface area contributed by atoms with Crippen molar-refractivity contribution in [3.8, 4) is 0 Å². The van der Waals surface area contributed by atoms with Crippen LogP contribution in [0.1, 0.15) is 33.1 Å². The Morgan fingerprint density at radius 2 is 2.15 bits per heavy atom. The maximum Gasteiger partial charge on any atom is 0.187 e. The van der Waals surface area contributed by atoms with E-state index in [0.29, 0.717) is 30.8 Å². The summed E-state index contributed by atoms with van der Waals surface area (Å²) in [5.74, 6) is 0.0874. The van der Waals surface area contributed by atoms with Crippen molar-refractivity contribution in [3.05, 3.63) is 0 Å². The highest BCUT2D eigenvalue weighted by Gasteiger charge is 2.40. The van der Waals surface area contributed by atoms with Crippen molar-refractivity contribution in [1.29, 1.82) is 0 Å². The minimum atomic E-state index is -3.35. The number of nitrogens with two attached hydrogens (primary N) is 1. The number of aliphatic hydroxyl groups is 1. The van der Waals surface area contributed by atoms with Crippen LogP contribution in [0.25, 0.3) is 0 Å². The smallest absolute Gasteiger partial charge is 0.187 e. The lowest BCUT2D eigenvalue weighted by Crippen LogP contribution is -2.24. The number of nitrogen functional groups attached to an aromatic ring is 1. The molecule has 1 fully saturated rings. The monoisotopic (exact) mass is 319 g/mol. The van der Waals surface area contributed by atoms with Crippen LogP contribution in [-0.4, -0.2) is 36.3 Å². The zero-order valence-electron chi connectivity index (χ0n) is 11.7. The average Bonchev–Trinajstić information content (AvgIpc) is 3.11. The summed E-state index contributed by atoms with van der Waals surface area (Å²) in [7, 11) is -3.35. The number of aliphatic hydroxyl groups excluding tert-OH is 1. The first-order valence-electron chi connectivity index (χ1n) is 6.62. The third-order valence-electron chi connectivity index (χ3n) is 3.44. The summed E-state index contributed by atoms with van der Waals surface area (Å²) in [6.07, 6.45) is 2.04. The van der Waals surface area contributed by atoms with E-state index in [0.717, 1.165) is 11.5 Å². The number of nitrogens with one attached hydrogen (secondary N) is 1. The molecule has 2 rings (SSSR count). The Kier molecular flexibility index (Phi) is 4.27. The molecular formula is C12H21N3O3S2. The van der Waals surface area contributed by atoms with Crippen molar-refractivity contribution in [2.75, 3.05) is 24.2 Å². The van der Waals surface area contributed by atoms with Gasteiger partial charge < -0.3 is 16.2 Å². The van der Waals surface area contributed by atoms with Gasteiger partial charge in [-0.15, -0.1) is 0 Å². The zero-order chi connectivity index (χ0) is 15.0. The Balaban J connectivity index is 2.18. The fourth-order valence-electron chi connectivity index (χ4n) is 1.94. The normalized spacial score (nSPS) is 16.4. The Bertz CT molecular complexity index is 577. The van der Waals surface area contributed by atoms with E-state index < -0.39 is 9.84 Å². The van der Waals surface area contributed by atoms with Crippen molar-refractivity contribution < 1.29 is 13.5 Å². The van der Waals surface area contributed by atoms with E-state index in [2.05, 4.69) is 9.69 Å². The molecule has 6 nitrogen and oxygen atoms in total. The molecule has 1 aromatic heterocycles. The minimum absolute atomic E-state index is 0.0874. The minimum Gasteiger partial charge on any atom is -0.396 e. The Hall–Kier alpha value is -0.860. The van der Waals surface area contributed by atoms with Crippen molar-refractivity contribution in [2.24, 2.45) is 5.41 Å². The highest BCUT2D eigenvalue weighted by Crippen LogP contribution is 2.41. The molecule has 0 aliphatic heterocycles. The molecule has 1 aliphatic carbocycles. The highest BCUT2D eigenvalue weighted by molar-refractivity contribution is 7.92. The zero-order valence-corrected chi connectivity index (χ0v) is 13.4. The third kappa shape index (κ3) is 3.24. The average molecular weight is 319 g/mol. The lowest BCUT2D eigenvalue weighted by atomic mass is 9.90. The van der Waals surface area contributed by atoms with Crippen molar-refractivity contribution >= 4 is 32.2 Å². The van der Waals surface area contributed by atoms with E-state index in [1.807, 2.05) is 13.8 Å². The maximum absolute atomic E-state index is 12.4. The molecule has 8 heteroatoms. The van der Waals surface area contributed by atoms with Gasteiger partial charge in [0.15, 0.2) is 15.7 Å². The molecule has 4 N–H and O–H groups in total. The second-order valence-electron chi connectivity index (χ2n) is 5.96. The van der Waals surface area contributed by atoms with Gasteiger partial charge in [0.05, 0.1) is 5.25 Å². The number of hydrogen-bond acceptors (Lipinski definition) is 7. The number of aromatic nitrogens is 1. The van der Waals surface area contributed by atoms with Gasteiger partial charge >= 0.3 is 0 Å². The number of rotatable bonds is 7. The highest BCUT2D eigenvalue weighted by atomic mass is 32.2. The SMILES string of the molecule is CC(C)(CCO)CNc1snc(N)c1S(=O)(=O)C1CC1. The molecule has 0 spiro atoms. The maximum atomic E-state index is 12.4. The topological polar surface area (TPSA) is 105 Å². The molecule has 20 heavy (non-hydrogen) atoms. The van der Waals surface area contributed by atoms with E-state index in [9.17, 15) is 8.42 Å². The first-order valence-corrected chi connectivity index (χ1v) is 8.94. The quantitative estimate of drug-likeness (QED) is 0.703. The first kappa shape index (κ1) is 15.5. The van der Waals surface area contributed by atoms with Crippen molar-refractivity contribution in [1.82, 2.24) is 4.37 Å². The standard InChI is InChI=1S/C12H21N3O3S2/c1-12(2,5-6-16)7-14-11-9(10(13)15-19-11)20(17,18)8-3-4-8/h8,14,16H,3-7H2,1-2H3,(H2,13,15). The summed E-state index contributed by atoms with van der Waals surface area (Å²) in [5.41, 5.74) is 5.60. The second kappa shape index (κ2) is 5.50. The van der Waals surface area contributed by atoms with Crippen LogP contribution in [-0.2, 0) is 9.84 Å². The van der Waals surface area contributed by atoms with Crippen LogP contribution in [0.2, 0.25) is 0 Å². The largest absolute Gasteiger partial charge is 0.396 e. The fourth-order valence-corrected chi connectivity index (χ4v) is 4.82. The van der Waals surface area contributed by atoms with Gasteiger partial charge in [0.2, 0.25) is 0 Å². The van der Waals surface area contributed by atoms with E-state index in [1.165, 1.54) is 0 Å². The van der Waals surface area contributed by atoms with Crippen molar-refractivity contribution in [3.63, 3.8) is 0 Å². The Labute approximate surface area is 123 Å². The van der Waals surface area contributed by atoms with Crippen LogP contribution < -0.4 is 11.1 Å². The van der Waals surface area contributed by atoms with Crippen LogP contribution in [0.15, 0.2) is 4.90 Å². The fraction of sp³-hybridized carbons (Fsp3) is 0.750. The first-order chi connectivity index (χ1) is 9.28. The second-order valence-corrected chi connectivity index (χ2v) is 8.90. The predicted molar refractivity (Wildman–Crippen MR) is 80.7 cm³/mol. The lowest BCUT2D eigenvalue weighted by Gasteiger charge is -2.24. The Morgan fingerprint density at radius 1 is 1.50 bits per heavy atom.